The van der Waals surface area contributed by atoms with E-state index in [1.54, 1.807) is 6.92 Å². The molecule has 6 atom stereocenters. The van der Waals surface area contributed by atoms with E-state index in [-0.39, 0.29) is 30.5 Å². The number of aliphatic hydroxyl groups excluding tert-OH is 5. The summed E-state index contributed by atoms with van der Waals surface area (Å²) in [5, 5.41) is 48.6. The smallest absolute Gasteiger partial charge is 0.197 e. The van der Waals surface area contributed by atoms with Crippen LogP contribution in [0.1, 0.15) is 27.2 Å². The van der Waals surface area contributed by atoms with Crippen LogP contribution in [0, 0.1) is 11.3 Å². The van der Waals surface area contributed by atoms with Crippen LogP contribution in [-0.4, -0.2) is 75.2 Å². The van der Waals surface area contributed by atoms with Gasteiger partial charge in [-0.3, -0.25) is 4.79 Å². The molecule has 24 heavy (non-hydrogen) atoms. The van der Waals surface area contributed by atoms with E-state index in [4.69, 9.17) is 9.47 Å². The number of allylic oxidation sites excluding steroid dienone is 1. The number of hydrogen-bond donors (Lipinski definition) is 5. The summed E-state index contributed by atoms with van der Waals surface area (Å²) in [4.78, 5) is 11.8. The van der Waals surface area contributed by atoms with Crippen molar-refractivity contribution >= 4 is 5.78 Å². The highest BCUT2D eigenvalue weighted by molar-refractivity contribution is 5.95. The van der Waals surface area contributed by atoms with Crippen molar-refractivity contribution in [2.24, 2.45) is 11.3 Å². The lowest BCUT2D eigenvalue weighted by molar-refractivity contribution is -0.304. The largest absolute Gasteiger partial charge is 0.504 e. The predicted molar refractivity (Wildman–Crippen MR) is 81.9 cm³/mol. The first kappa shape index (κ1) is 19.3. The van der Waals surface area contributed by atoms with Gasteiger partial charge in [0, 0.05) is 12.3 Å². The molecule has 8 nitrogen and oxygen atoms in total. The van der Waals surface area contributed by atoms with Crippen molar-refractivity contribution in [3.8, 4) is 0 Å². The molecule has 2 rings (SSSR count). The average Bonchev–Trinajstić information content (AvgIpc) is 2.51. The fourth-order valence-electron chi connectivity index (χ4n) is 3.34. The number of carbonyl (C=O) groups is 1. The molecule has 2 aliphatic rings. The summed E-state index contributed by atoms with van der Waals surface area (Å²) in [6, 6.07) is 0. The highest BCUT2D eigenvalue weighted by atomic mass is 16.7. The van der Waals surface area contributed by atoms with Crippen molar-refractivity contribution in [1.29, 1.82) is 0 Å². The lowest BCUT2D eigenvalue weighted by atomic mass is 9.68. The van der Waals surface area contributed by atoms with Crippen molar-refractivity contribution in [2.75, 3.05) is 13.2 Å². The minimum absolute atomic E-state index is 0.0405. The van der Waals surface area contributed by atoms with Crippen LogP contribution < -0.4 is 0 Å². The molecule has 1 fully saturated rings. The number of rotatable bonds is 4. The molecule has 0 amide bonds. The highest BCUT2D eigenvalue weighted by Gasteiger charge is 2.46. The molecular weight excluding hydrogens is 320 g/mol. The Morgan fingerprint density at radius 3 is 2.42 bits per heavy atom. The Bertz CT molecular complexity index is 512. The molecule has 1 aliphatic carbocycles. The maximum Gasteiger partial charge on any atom is 0.197 e. The molecule has 8 heteroatoms. The fraction of sp³-hybridized carbons (Fsp3) is 0.812. The Balaban J connectivity index is 2.10. The zero-order chi connectivity index (χ0) is 18.2. The second-order valence-corrected chi connectivity index (χ2v) is 7.20. The number of Topliss-reactive ketones (excluding diaryl/α,β-unsaturated/α-hetero) is 1. The van der Waals surface area contributed by atoms with Crippen LogP contribution in [-0.2, 0) is 14.3 Å². The van der Waals surface area contributed by atoms with Gasteiger partial charge in [-0.2, -0.15) is 0 Å². The van der Waals surface area contributed by atoms with Crippen molar-refractivity contribution in [3.63, 3.8) is 0 Å². The number of ketones is 1. The number of hydrogen-bond acceptors (Lipinski definition) is 8. The molecule has 0 bridgehead atoms. The summed E-state index contributed by atoms with van der Waals surface area (Å²) in [7, 11) is 0. The van der Waals surface area contributed by atoms with Gasteiger partial charge in [-0.25, -0.2) is 0 Å². The molecule has 0 aromatic rings. The first-order chi connectivity index (χ1) is 11.1. The molecule has 0 unspecified atom stereocenters. The Kier molecular flexibility index (Phi) is 5.68. The summed E-state index contributed by atoms with van der Waals surface area (Å²) < 4.78 is 10.9. The van der Waals surface area contributed by atoms with E-state index < -0.39 is 42.7 Å². The minimum Gasteiger partial charge on any atom is -0.504 e. The predicted octanol–water partition coefficient (Wildman–Crippen LogP) is -0.750. The molecule has 1 heterocycles. The normalized spacial score (nSPS) is 40.0. The van der Waals surface area contributed by atoms with E-state index in [0.29, 0.717) is 5.57 Å². The summed E-state index contributed by atoms with van der Waals surface area (Å²) in [5.41, 5.74) is 0.0440. The van der Waals surface area contributed by atoms with Gasteiger partial charge in [-0.15, -0.1) is 0 Å². The summed E-state index contributed by atoms with van der Waals surface area (Å²) in [6.07, 6.45) is -6.54. The summed E-state index contributed by atoms with van der Waals surface area (Å²) in [6.45, 7) is 4.91. The Labute approximate surface area is 140 Å². The van der Waals surface area contributed by atoms with Gasteiger partial charge in [0.2, 0.25) is 0 Å². The summed E-state index contributed by atoms with van der Waals surface area (Å²) >= 11 is 0. The SMILES string of the molecule is CC1=C(O)C(=O)CC(C)(C)[C@H]1CO[C@@H]1O[C@H](CO)[C@@H](O)[C@H](O)[C@H]1O. The van der Waals surface area contributed by atoms with Gasteiger partial charge >= 0.3 is 0 Å². The maximum absolute atomic E-state index is 11.8. The molecule has 0 saturated carbocycles. The van der Waals surface area contributed by atoms with Crippen LogP contribution in [0.4, 0.5) is 0 Å². The zero-order valence-electron chi connectivity index (χ0n) is 14.0. The zero-order valence-corrected chi connectivity index (χ0v) is 14.0. The number of aliphatic hydroxyl groups is 5. The molecule has 0 aromatic heterocycles. The number of ether oxygens (including phenoxy) is 2. The third kappa shape index (κ3) is 3.49. The molecule has 0 aromatic carbocycles. The summed E-state index contributed by atoms with van der Waals surface area (Å²) in [5.74, 6) is -0.874. The average molecular weight is 346 g/mol. The van der Waals surface area contributed by atoms with Crippen molar-refractivity contribution in [1.82, 2.24) is 0 Å². The molecular formula is C16H26O8. The van der Waals surface area contributed by atoms with Gasteiger partial charge in [0.1, 0.15) is 24.4 Å². The Morgan fingerprint density at radius 2 is 1.83 bits per heavy atom. The van der Waals surface area contributed by atoms with Crippen molar-refractivity contribution in [3.05, 3.63) is 11.3 Å². The van der Waals surface area contributed by atoms with Crippen LogP contribution in [0.25, 0.3) is 0 Å². The van der Waals surface area contributed by atoms with Gasteiger partial charge in [0.05, 0.1) is 13.2 Å². The third-order valence-electron chi connectivity index (χ3n) is 5.00. The van der Waals surface area contributed by atoms with E-state index in [0.717, 1.165) is 0 Å². The third-order valence-corrected chi connectivity index (χ3v) is 5.00. The molecule has 0 radical (unpaired) electrons. The van der Waals surface area contributed by atoms with E-state index in [9.17, 15) is 30.3 Å². The van der Waals surface area contributed by atoms with Gasteiger partial charge < -0.3 is 35.0 Å². The molecule has 0 spiro atoms. The van der Waals surface area contributed by atoms with Crippen LogP contribution in [0.5, 0.6) is 0 Å². The molecule has 1 aliphatic heterocycles. The quantitative estimate of drug-likeness (QED) is 0.448. The fourth-order valence-corrected chi connectivity index (χ4v) is 3.34. The lowest BCUT2D eigenvalue weighted by Crippen LogP contribution is -2.59. The van der Waals surface area contributed by atoms with Crippen LogP contribution in [0.2, 0.25) is 0 Å². The Morgan fingerprint density at radius 1 is 1.21 bits per heavy atom. The van der Waals surface area contributed by atoms with Crippen LogP contribution >= 0.6 is 0 Å². The minimum atomic E-state index is -1.51. The van der Waals surface area contributed by atoms with Gasteiger partial charge in [-0.05, 0) is 17.9 Å². The topological polar surface area (TPSA) is 137 Å². The van der Waals surface area contributed by atoms with E-state index in [1.165, 1.54) is 0 Å². The van der Waals surface area contributed by atoms with Crippen molar-refractivity contribution < 1.29 is 39.8 Å². The van der Waals surface area contributed by atoms with Crippen LogP contribution in [0.3, 0.4) is 0 Å². The van der Waals surface area contributed by atoms with Crippen molar-refractivity contribution in [2.45, 2.75) is 57.9 Å². The van der Waals surface area contributed by atoms with Crippen LogP contribution in [0.15, 0.2) is 11.3 Å². The lowest BCUT2D eigenvalue weighted by Gasteiger charge is -2.42. The number of carbonyl (C=O) groups excluding carboxylic acids is 1. The second-order valence-electron chi connectivity index (χ2n) is 7.20. The van der Waals surface area contributed by atoms with E-state index >= 15 is 0 Å². The first-order valence-corrected chi connectivity index (χ1v) is 7.95. The van der Waals surface area contributed by atoms with E-state index in [2.05, 4.69) is 0 Å². The van der Waals surface area contributed by atoms with Gasteiger partial charge in [-0.1, -0.05) is 13.8 Å². The molecule has 138 valence electrons. The monoisotopic (exact) mass is 346 g/mol. The van der Waals surface area contributed by atoms with Gasteiger partial charge in [0.25, 0.3) is 0 Å². The Hall–Kier alpha value is -1.03. The van der Waals surface area contributed by atoms with E-state index in [1.807, 2.05) is 13.8 Å². The maximum atomic E-state index is 11.8. The highest BCUT2D eigenvalue weighted by Crippen LogP contribution is 2.42. The molecule has 5 N–H and O–H groups in total. The first-order valence-electron chi connectivity index (χ1n) is 7.95. The second kappa shape index (κ2) is 7.07. The standard InChI is InChI=1S/C16H26O8/c1-7-8(16(2,3)4-9(18)11(7)19)6-23-15-14(22)13(21)12(20)10(5-17)24-15/h8,10,12-15,17,19-22H,4-6H2,1-3H3/t8-,10+,12+,13-,14+,15+/m0/s1. The van der Waals surface area contributed by atoms with Gasteiger partial charge in [0.15, 0.2) is 17.8 Å². The molecule has 1 saturated heterocycles.